The Morgan fingerprint density at radius 1 is 1.42 bits per heavy atom. The van der Waals surface area contributed by atoms with Crippen LogP contribution in [-0.2, 0) is 10.5 Å². The van der Waals surface area contributed by atoms with Crippen LogP contribution in [0.4, 0.5) is 10.1 Å². The zero-order valence-electron chi connectivity index (χ0n) is 6.60. The number of anilines is 1. The number of nitrogens with one attached hydrogen (secondary N) is 1. The van der Waals surface area contributed by atoms with Crippen molar-refractivity contribution in [1.29, 1.82) is 0 Å². The summed E-state index contributed by atoms with van der Waals surface area (Å²) in [6.07, 6.45) is 0. The van der Waals surface area contributed by atoms with Crippen LogP contribution in [0.1, 0.15) is 12.5 Å². The predicted molar refractivity (Wildman–Crippen MR) is 43.5 cm³/mol. The smallest absolute Gasteiger partial charge is 0.266 e. The summed E-state index contributed by atoms with van der Waals surface area (Å²) < 4.78 is 13.6. The highest BCUT2D eigenvalue weighted by atomic mass is 19.1. The molecule has 0 saturated heterocycles. The summed E-state index contributed by atoms with van der Waals surface area (Å²) in [6, 6.07) is 6.79. The van der Waals surface area contributed by atoms with Crippen molar-refractivity contribution in [2.45, 2.75) is 12.6 Å². The van der Waals surface area contributed by atoms with E-state index >= 15 is 0 Å². The molecule has 0 aliphatic carbocycles. The molecule has 1 aliphatic rings. The Labute approximate surface area is 69.4 Å². The van der Waals surface area contributed by atoms with Crippen LogP contribution >= 0.6 is 0 Å². The van der Waals surface area contributed by atoms with Crippen LogP contribution in [0.5, 0.6) is 0 Å². The number of para-hydroxylation sites is 1. The Bertz CT molecular complexity index is 346. The number of benzene rings is 1. The molecule has 1 N–H and O–H groups in total. The fourth-order valence-corrected chi connectivity index (χ4v) is 1.36. The SMILES string of the molecule is C[C@@]1(F)C(=O)Nc2ccccc21. The minimum absolute atomic E-state index is 0.426. The molecule has 1 amide bonds. The van der Waals surface area contributed by atoms with E-state index in [4.69, 9.17) is 0 Å². The van der Waals surface area contributed by atoms with Crippen molar-refractivity contribution in [3.63, 3.8) is 0 Å². The predicted octanol–water partition coefficient (Wildman–Crippen LogP) is 1.82. The van der Waals surface area contributed by atoms with Crippen molar-refractivity contribution in [2.24, 2.45) is 0 Å². The van der Waals surface area contributed by atoms with Gasteiger partial charge in [-0.1, -0.05) is 18.2 Å². The zero-order valence-corrected chi connectivity index (χ0v) is 6.60. The third-order valence-corrected chi connectivity index (χ3v) is 2.11. The first-order valence-corrected chi connectivity index (χ1v) is 3.72. The van der Waals surface area contributed by atoms with Crippen LogP contribution in [-0.4, -0.2) is 5.91 Å². The monoisotopic (exact) mass is 165 g/mol. The normalized spacial score (nSPS) is 26.7. The van der Waals surface area contributed by atoms with E-state index in [9.17, 15) is 9.18 Å². The van der Waals surface area contributed by atoms with Gasteiger partial charge in [-0.2, -0.15) is 0 Å². The van der Waals surface area contributed by atoms with Gasteiger partial charge in [0.1, 0.15) is 0 Å². The van der Waals surface area contributed by atoms with E-state index in [1.807, 2.05) is 0 Å². The summed E-state index contributed by atoms with van der Waals surface area (Å²) in [5, 5.41) is 2.47. The van der Waals surface area contributed by atoms with Gasteiger partial charge in [0.15, 0.2) is 0 Å². The third kappa shape index (κ3) is 0.763. The van der Waals surface area contributed by atoms with E-state index in [1.165, 1.54) is 6.92 Å². The van der Waals surface area contributed by atoms with Crippen LogP contribution < -0.4 is 5.32 Å². The first-order valence-electron chi connectivity index (χ1n) is 3.72. The summed E-state index contributed by atoms with van der Waals surface area (Å²) in [4.78, 5) is 11.1. The summed E-state index contributed by atoms with van der Waals surface area (Å²) in [5.74, 6) is -0.580. The molecular formula is C9H8FNO. The molecular weight excluding hydrogens is 157 g/mol. The fourth-order valence-electron chi connectivity index (χ4n) is 1.36. The van der Waals surface area contributed by atoms with Gasteiger partial charge in [-0.3, -0.25) is 4.79 Å². The zero-order chi connectivity index (χ0) is 8.77. The molecule has 1 atom stereocenters. The Morgan fingerprint density at radius 3 is 2.75 bits per heavy atom. The van der Waals surface area contributed by atoms with Gasteiger partial charge in [-0.05, 0) is 13.0 Å². The lowest BCUT2D eigenvalue weighted by Gasteiger charge is -2.09. The molecule has 0 radical (unpaired) electrons. The standard InChI is InChI=1S/C9H8FNO/c1-9(10)6-4-2-3-5-7(6)11-8(9)12/h2-5H,1H3,(H,11,12)/t9-/m0/s1. The number of halogens is 1. The lowest BCUT2D eigenvalue weighted by molar-refractivity contribution is -0.125. The highest BCUT2D eigenvalue weighted by molar-refractivity contribution is 6.04. The molecule has 1 heterocycles. The Balaban J connectivity index is 2.63. The Kier molecular flexibility index (Phi) is 1.25. The van der Waals surface area contributed by atoms with Crippen LogP contribution in [0, 0.1) is 0 Å². The highest BCUT2D eigenvalue weighted by Gasteiger charge is 2.42. The second-order valence-electron chi connectivity index (χ2n) is 3.00. The highest BCUT2D eigenvalue weighted by Crippen LogP contribution is 2.37. The fraction of sp³-hybridized carbons (Fsp3) is 0.222. The average Bonchev–Trinajstić information content (AvgIpc) is 2.25. The lowest BCUT2D eigenvalue weighted by atomic mass is 10.0. The summed E-state index contributed by atoms with van der Waals surface area (Å²) >= 11 is 0. The van der Waals surface area contributed by atoms with Crippen LogP contribution in [0.15, 0.2) is 24.3 Å². The molecule has 3 heteroatoms. The van der Waals surface area contributed by atoms with E-state index < -0.39 is 11.6 Å². The van der Waals surface area contributed by atoms with Gasteiger partial charge in [0, 0.05) is 11.3 Å². The van der Waals surface area contributed by atoms with Crippen molar-refractivity contribution < 1.29 is 9.18 Å². The van der Waals surface area contributed by atoms with Gasteiger partial charge in [0.2, 0.25) is 5.67 Å². The van der Waals surface area contributed by atoms with E-state index in [2.05, 4.69) is 5.32 Å². The molecule has 1 aliphatic heterocycles. The summed E-state index contributed by atoms with van der Waals surface area (Å²) in [6.45, 7) is 1.27. The van der Waals surface area contributed by atoms with E-state index in [0.29, 0.717) is 11.3 Å². The first kappa shape index (κ1) is 7.28. The maximum absolute atomic E-state index is 13.6. The molecule has 0 fully saturated rings. The molecule has 2 rings (SSSR count). The largest absolute Gasteiger partial charge is 0.323 e. The number of alkyl halides is 1. The molecule has 62 valence electrons. The van der Waals surface area contributed by atoms with E-state index in [-0.39, 0.29) is 0 Å². The number of hydrogen-bond acceptors (Lipinski definition) is 1. The van der Waals surface area contributed by atoms with Crippen molar-refractivity contribution >= 4 is 11.6 Å². The molecule has 0 bridgehead atoms. The summed E-state index contributed by atoms with van der Waals surface area (Å²) in [7, 11) is 0. The number of hydrogen-bond donors (Lipinski definition) is 1. The molecule has 0 unspecified atom stereocenters. The van der Waals surface area contributed by atoms with Gasteiger partial charge < -0.3 is 5.32 Å². The second-order valence-corrected chi connectivity index (χ2v) is 3.00. The van der Waals surface area contributed by atoms with Gasteiger partial charge in [0.05, 0.1) is 0 Å². The molecule has 12 heavy (non-hydrogen) atoms. The van der Waals surface area contributed by atoms with Gasteiger partial charge in [-0.15, -0.1) is 0 Å². The number of fused-ring (bicyclic) bond motifs is 1. The quantitative estimate of drug-likeness (QED) is 0.624. The Hall–Kier alpha value is -1.38. The molecule has 0 saturated carbocycles. The lowest BCUT2D eigenvalue weighted by Crippen LogP contribution is -2.25. The number of carbonyl (C=O) groups excluding carboxylic acids is 1. The first-order chi connectivity index (χ1) is 5.62. The van der Waals surface area contributed by atoms with Gasteiger partial charge in [0.25, 0.3) is 5.91 Å². The van der Waals surface area contributed by atoms with E-state index in [0.717, 1.165) is 0 Å². The van der Waals surface area contributed by atoms with Crippen LogP contribution in [0.2, 0.25) is 0 Å². The van der Waals surface area contributed by atoms with Gasteiger partial charge >= 0.3 is 0 Å². The van der Waals surface area contributed by atoms with Crippen molar-refractivity contribution in [3.05, 3.63) is 29.8 Å². The number of rotatable bonds is 0. The van der Waals surface area contributed by atoms with Crippen molar-refractivity contribution in [2.75, 3.05) is 5.32 Å². The third-order valence-electron chi connectivity index (χ3n) is 2.11. The average molecular weight is 165 g/mol. The number of amides is 1. The molecule has 0 aromatic heterocycles. The van der Waals surface area contributed by atoms with Crippen LogP contribution in [0.25, 0.3) is 0 Å². The van der Waals surface area contributed by atoms with Crippen molar-refractivity contribution in [1.82, 2.24) is 0 Å². The minimum Gasteiger partial charge on any atom is -0.323 e. The van der Waals surface area contributed by atoms with Crippen molar-refractivity contribution in [3.8, 4) is 0 Å². The van der Waals surface area contributed by atoms with Gasteiger partial charge in [-0.25, -0.2) is 4.39 Å². The Morgan fingerprint density at radius 2 is 2.08 bits per heavy atom. The summed E-state index contributed by atoms with van der Waals surface area (Å²) in [5.41, 5.74) is -0.862. The molecule has 0 spiro atoms. The molecule has 1 aromatic carbocycles. The minimum atomic E-state index is -1.86. The number of carbonyl (C=O) groups is 1. The van der Waals surface area contributed by atoms with Crippen LogP contribution in [0.3, 0.4) is 0 Å². The maximum Gasteiger partial charge on any atom is 0.266 e. The molecule has 1 aromatic rings. The second kappa shape index (κ2) is 2.06. The maximum atomic E-state index is 13.6. The molecule has 2 nitrogen and oxygen atoms in total. The van der Waals surface area contributed by atoms with E-state index in [1.54, 1.807) is 24.3 Å². The topological polar surface area (TPSA) is 29.1 Å².